The topological polar surface area (TPSA) is 24.9 Å². The number of thiocarbonyl (C=S) groups is 1. The van der Waals surface area contributed by atoms with Crippen molar-refractivity contribution in [3.63, 3.8) is 0 Å². The van der Waals surface area contributed by atoms with E-state index in [4.69, 9.17) is 12.2 Å². The summed E-state index contributed by atoms with van der Waals surface area (Å²) < 4.78 is 13.0. The number of rotatable bonds is 2. The highest BCUT2D eigenvalue weighted by atomic mass is 32.1. The molecule has 1 N–H and O–H groups in total. The lowest BCUT2D eigenvalue weighted by atomic mass is 9.86. The highest BCUT2D eigenvalue weighted by Gasteiger charge is 2.21. The maximum absolute atomic E-state index is 13.0. The second kappa shape index (κ2) is 5.54. The lowest BCUT2D eigenvalue weighted by molar-refractivity contribution is 0.310. The average Bonchev–Trinajstić information content (AvgIpc) is 2.32. The first-order valence-corrected chi connectivity index (χ1v) is 6.50. The summed E-state index contributed by atoms with van der Waals surface area (Å²) in [6, 6.07) is 3.54. The van der Waals surface area contributed by atoms with E-state index < -0.39 is 5.95 Å². The Labute approximate surface area is 107 Å². The Kier molecular flexibility index (Phi) is 4.05. The standard InChI is InChI=1S/C13H17FN2S/c1-9-4-2-3-5-11(9)16-13(17)10-6-7-15-12(14)8-10/h6-9,11H,2-5H2,1H3,(H,16,17)/t9-,11+/m1/s1. The Morgan fingerprint density at radius 1 is 1.47 bits per heavy atom. The third kappa shape index (κ3) is 3.22. The van der Waals surface area contributed by atoms with Crippen molar-refractivity contribution in [2.45, 2.75) is 38.6 Å². The van der Waals surface area contributed by atoms with Crippen LogP contribution in [0.4, 0.5) is 4.39 Å². The van der Waals surface area contributed by atoms with Crippen molar-refractivity contribution in [3.05, 3.63) is 29.8 Å². The Hall–Kier alpha value is -1.03. The van der Waals surface area contributed by atoms with Gasteiger partial charge >= 0.3 is 0 Å². The molecule has 1 fully saturated rings. The molecule has 17 heavy (non-hydrogen) atoms. The molecule has 0 amide bonds. The van der Waals surface area contributed by atoms with Crippen LogP contribution in [0.3, 0.4) is 0 Å². The van der Waals surface area contributed by atoms with Crippen LogP contribution in [0.1, 0.15) is 38.2 Å². The van der Waals surface area contributed by atoms with Crippen LogP contribution in [0.2, 0.25) is 0 Å². The molecule has 2 atom stereocenters. The normalized spacial score (nSPS) is 24.4. The molecule has 0 bridgehead atoms. The lowest BCUT2D eigenvalue weighted by Gasteiger charge is -2.30. The maximum Gasteiger partial charge on any atom is 0.213 e. The van der Waals surface area contributed by atoms with Crippen molar-refractivity contribution >= 4 is 17.2 Å². The second-order valence-corrected chi connectivity index (χ2v) is 5.12. The van der Waals surface area contributed by atoms with Gasteiger partial charge in [0.2, 0.25) is 5.95 Å². The molecule has 0 aliphatic heterocycles. The fraction of sp³-hybridized carbons (Fsp3) is 0.538. The molecule has 0 radical (unpaired) electrons. The molecule has 1 aromatic rings. The summed E-state index contributed by atoms with van der Waals surface area (Å²) in [5, 5.41) is 3.35. The number of aromatic nitrogens is 1. The number of hydrogen-bond acceptors (Lipinski definition) is 2. The first-order valence-electron chi connectivity index (χ1n) is 6.09. The van der Waals surface area contributed by atoms with Crippen LogP contribution in [0.25, 0.3) is 0 Å². The van der Waals surface area contributed by atoms with E-state index in [0.717, 1.165) is 6.42 Å². The van der Waals surface area contributed by atoms with Crippen molar-refractivity contribution in [1.82, 2.24) is 10.3 Å². The quantitative estimate of drug-likeness (QED) is 0.647. The fourth-order valence-corrected chi connectivity index (χ4v) is 2.60. The van der Waals surface area contributed by atoms with Crippen molar-refractivity contribution < 1.29 is 4.39 Å². The third-order valence-corrected chi connectivity index (χ3v) is 3.77. The molecule has 2 nitrogen and oxygen atoms in total. The average molecular weight is 252 g/mol. The number of halogens is 1. The second-order valence-electron chi connectivity index (χ2n) is 4.71. The molecule has 0 aromatic carbocycles. The number of hydrogen-bond donors (Lipinski definition) is 1. The molecule has 1 aromatic heterocycles. The molecular weight excluding hydrogens is 235 g/mol. The van der Waals surface area contributed by atoms with Gasteiger partial charge in [0.05, 0.1) is 0 Å². The van der Waals surface area contributed by atoms with Crippen LogP contribution >= 0.6 is 12.2 Å². The van der Waals surface area contributed by atoms with Gasteiger partial charge in [-0.15, -0.1) is 0 Å². The largest absolute Gasteiger partial charge is 0.373 e. The first-order chi connectivity index (χ1) is 8.16. The number of pyridine rings is 1. The van der Waals surface area contributed by atoms with Gasteiger partial charge in [0.15, 0.2) is 0 Å². The highest BCUT2D eigenvalue weighted by molar-refractivity contribution is 7.80. The van der Waals surface area contributed by atoms with Gasteiger partial charge < -0.3 is 5.32 Å². The number of nitrogens with zero attached hydrogens (tertiary/aromatic N) is 1. The van der Waals surface area contributed by atoms with E-state index in [0.29, 0.717) is 22.5 Å². The zero-order valence-electron chi connectivity index (χ0n) is 9.95. The molecule has 4 heteroatoms. The van der Waals surface area contributed by atoms with Crippen molar-refractivity contribution in [2.75, 3.05) is 0 Å². The summed E-state index contributed by atoms with van der Waals surface area (Å²) in [5.74, 6) is 0.150. The van der Waals surface area contributed by atoms with Crippen LogP contribution in [0.15, 0.2) is 18.3 Å². The molecule has 0 spiro atoms. The zero-order chi connectivity index (χ0) is 12.3. The van der Waals surface area contributed by atoms with E-state index >= 15 is 0 Å². The van der Waals surface area contributed by atoms with Crippen LogP contribution < -0.4 is 5.32 Å². The summed E-state index contributed by atoms with van der Waals surface area (Å²) in [4.78, 5) is 4.16. The van der Waals surface area contributed by atoms with E-state index in [1.807, 2.05) is 0 Å². The fourth-order valence-electron chi connectivity index (χ4n) is 2.33. The highest BCUT2D eigenvalue weighted by Crippen LogP contribution is 2.24. The zero-order valence-corrected chi connectivity index (χ0v) is 10.8. The molecule has 2 rings (SSSR count). The SMILES string of the molecule is C[C@@H]1CCCC[C@@H]1NC(=S)c1ccnc(F)c1. The van der Waals surface area contributed by atoms with Gasteiger partial charge in [-0.1, -0.05) is 32.0 Å². The van der Waals surface area contributed by atoms with Gasteiger partial charge in [0.1, 0.15) is 4.99 Å². The van der Waals surface area contributed by atoms with Crippen molar-refractivity contribution in [1.29, 1.82) is 0 Å². The molecule has 0 saturated heterocycles. The Balaban J connectivity index is 2.01. The van der Waals surface area contributed by atoms with Gasteiger partial charge in [-0.2, -0.15) is 4.39 Å². The predicted octanol–water partition coefficient (Wildman–Crippen LogP) is 3.06. The van der Waals surface area contributed by atoms with Crippen LogP contribution in [-0.2, 0) is 0 Å². The Bertz CT molecular complexity index is 408. The first kappa shape index (κ1) is 12.4. The summed E-state index contributed by atoms with van der Waals surface area (Å²) in [6.07, 6.45) is 6.38. The summed E-state index contributed by atoms with van der Waals surface area (Å²) in [5.41, 5.74) is 0.713. The number of nitrogens with one attached hydrogen (secondary N) is 1. The smallest absolute Gasteiger partial charge is 0.213 e. The van der Waals surface area contributed by atoms with E-state index in [9.17, 15) is 4.39 Å². The van der Waals surface area contributed by atoms with Gasteiger partial charge in [0, 0.05) is 23.9 Å². The van der Waals surface area contributed by atoms with Crippen molar-refractivity contribution in [3.8, 4) is 0 Å². The molecule has 92 valence electrons. The van der Waals surface area contributed by atoms with E-state index in [1.54, 1.807) is 6.07 Å². The predicted molar refractivity (Wildman–Crippen MR) is 70.5 cm³/mol. The van der Waals surface area contributed by atoms with Crippen molar-refractivity contribution in [2.24, 2.45) is 5.92 Å². The molecular formula is C13H17FN2S. The van der Waals surface area contributed by atoms with Gasteiger partial charge in [-0.05, 0) is 24.8 Å². The van der Waals surface area contributed by atoms with Gasteiger partial charge in [-0.25, -0.2) is 4.98 Å². The van der Waals surface area contributed by atoms with Gasteiger partial charge in [-0.3, -0.25) is 0 Å². The lowest BCUT2D eigenvalue weighted by Crippen LogP contribution is -2.40. The molecule has 1 aliphatic carbocycles. The molecule has 1 heterocycles. The minimum atomic E-state index is -0.483. The maximum atomic E-state index is 13.0. The Morgan fingerprint density at radius 3 is 2.94 bits per heavy atom. The van der Waals surface area contributed by atoms with Crippen LogP contribution in [0, 0.1) is 11.9 Å². The Morgan fingerprint density at radius 2 is 2.24 bits per heavy atom. The summed E-state index contributed by atoms with van der Waals surface area (Å²) in [6.45, 7) is 2.24. The van der Waals surface area contributed by atoms with Crippen LogP contribution in [0.5, 0.6) is 0 Å². The molecule has 1 aliphatic rings. The summed E-state index contributed by atoms with van der Waals surface area (Å²) >= 11 is 5.31. The van der Waals surface area contributed by atoms with E-state index in [2.05, 4.69) is 17.2 Å². The van der Waals surface area contributed by atoms with Crippen LogP contribution in [-0.4, -0.2) is 16.0 Å². The van der Waals surface area contributed by atoms with E-state index in [1.165, 1.54) is 31.5 Å². The molecule has 0 unspecified atom stereocenters. The monoisotopic (exact) mass is 252 g/mol. The minimum Gasteiger partial charge on any atom is -0.373 e. The summed E-state index contributed by atoms with van der Waals surface area (Å²) in [7, 11) is 0. The van der Waals surface area contributed by atoms with E-state index in [-0.39, 0.29) is 0 Å². The third-order valence-electron chi connectivity index (χ3n) is 3.42. The minimum absolute atomic E-state index is 0.424. The molecule has 1 saturated carbocycles. The van der Waals surface area contributed by atoms with Gasteiger partial charge in [0.25, 0.3) is 0 Å².